The molecule has 0 aliphatic carbocycles. The molecule has 0 unspecified atom stereocenters. The monoisotopic (exact) mass is 360 g/mol. The van der Waals surface area contributed by atoms with Crippen molar-refractivity contribution in [2.24, 2.45) is 5.14 Å². The van der Waals surface area contributed by atoms with Crippen LogP contribution in [0.5, 0.6) is 0 Å². The molecule has 19 heavy (non-hydrogen) atoms. The van der Waals surface area contributed by atoms with Gasteiger partial charge in [-0.2, -0.15) is 13.2 Å². The third-order valence-corrected chi connectivity index (χ3v) is 3.77. The summed E-state index contributed by atoms with van der Waals surface area (Å²) in [4.78, 5) is 10.8. The molecule has 0 saturated carbocycles. The highest BCUT2D eigenvalue weighted by Gasteiger charge is 2.31. The minimum Gasteiger partial charge on any atom is -0.326 e. The predicted molar refractivity (Wildman–Crippen MR) is 64.8 cm³/mol. The van der Waals surface area contributed by atoms with Gasteiger partial charge in [-0.1, -0.05) is 0 Å². The lowest BCUT2D eigenvalue weighted by molar-refractivity contribution is -0.150. The summed E-state index contributed by atoms with van der Waals surface area (Å²) in [6.45, 7) is 0. The number of alkyl halides is 3. The summed E-state index contributed by atoms with van der Waals surface area (Å²) in [6.07, 6.45) is -6.23. The van der Waals surface area contributed by atoms with E-state index in [0.29, 0.717) is 0 Å². The van der Waals surface area contributed by atoms with Crippen molar-refractivity contribution in [1.82, 2.24) is 0 Å². The lowest BCUT2D eigenvalue weighted by Gasteiger charge is -2.09. The SMILES string of the molecule is NS(=O)(=O)c1ccc(NC(=O)CC(F)(F)F)cc1Br. The summed E-state index contributed by atoms with van der Waals surface area (Å²) >= 11 is 2.90. The maximum Gasteiger partial charge on any atom is 0.397 e. The van der Waals surface area contributed by atoms with Gasteiger partial charge in [0.1, 0.15) is 6.42 Å². The van der Waals surface area contributed by atoms with E-state index in [2.05, 4.69) is 15.9 Å². The maximum atomic E-state index is 11.9. The number of nitrogens with two attached hydrogens (primary N) is 1. The van der Waals surface area contributed by atoms with Gasteiger partial charge in [0, 0.05) is 10.2 Å². The molecule has 0 atom stereocenters. The van der Waals surface area contributed by atoms with E-state index >= 15 is 0 Å². The first kappa shape index (κ1) is 15.9. The molecule has 0 fully saturated rings. The van der Waals surface area contributed by atoms with E-state index in [1.54, 1.807) is 0 Å². The molecule has 5 nitrogen and oxygen atoms in total. The third-order valence-electron chi connectivity index (χ3n) is 1.88. The summed E-state index contributed by atoms with van der Waals surface area (Å²) in [6, 6.07) is 3.36. The standard InChI is InChI=1S/C9H8BrF3N2O3S/c10-6-3-5(1-2-7(6)19(14,17)18)15-8(16)4-9(11,12)13/h1-3H,4H2,(H,15,16)(H2,14,17,18). The fourth-order valence-corrected chi connectivity index (χ4v) is 2.84. The zero-order chi connectivity index (χ0) is 14.8. The van der Waals surface area contributed by atoms with Gasteiger partial charge in [0.2, 0.25) is 15.9 Å². The van der Waals surface area contributed by atoms with Gasteiger partial charge in [0.25, 0.3) is 0 Å². The maximum absolute atomic E-state index is 11.9. The number of rotatable bonds is 3. The van der Waals surface area contributed by atoms with E-state index in [-0.39, 0.29) is 15.1 Å². The van der Waals surface area contributed by atoms with Crippen LogP contribution >= 0.6 is 15.9 Å². The van der Waals surface area contributed by atoms with Crippen molar-refractivity contribution in [3.8, 4) is 0 Å². The lowest BCUT2D eigenvalue weighted by Crippen LogP contribution is -2.21. The average Bonchev–Trinajstić information content (AvgIpc) is 2.11. The highest BCUT2D eigenvalue weighted by Crippen LogP contribution is 2.25. The second-order valence-corrected chi connectivity index (χ2v) is 5.91. The Morgan fingerprint density at radius 2 is 1.95 bits per heavy atom. The topological polar surface area (TPSA) is 89.3 Å². The smallest absolute Gasteiger partial charge is 0.326 e. The lowest BCUT2D eigenvalue weighted by atomic mass is 10.3. The number of carbonyl (C=O) groups is 1. The number of anilines is 1. The van der Waals surface area contributed by atoms with E-state index in [9.17, 15) is 26.4 Å². The first-order chi connectivity index (χ1) is 8.49. The fraction of sp³-hybridized carbons (Fsp3) is 0.222. The van der Waals surface area contributed by atoms with Crippen LogP contribution in [0.3, 0.4) is 0 Å². The molecule has 1 rings (SSSR count). The van der Waals surface area contributed by atoms with E-state index in [1.807, 2.05) is 5.32 Å². The first-order valence-electron chi connectivity index (χ1n) is 4.68. The summed E-state index contributed by atoms with van der Waals surface area (Å²) < 4.78 is 58.0. The highest BCUT2D eigenvalue weighted by atomic mass is 79.9. The van der Waals surface area contributed by atoms with Gasteiger partial charge in [-0.25, -0.2) is 13.6 Å². The number of hydrogen-bond donors (Lipinski definition) is 2. The third kappa shape index (κ3) is 5.17. The van der Waals surface area contributed by atoms with Gasteiger partial charge in [-0.3, -0.25) is 4.79 Å². The van der Waals surface area contributed by atoms with Crippen molar-refractivity contribution < 1.29 is 26.4 Å². The Labute approximate surface area is 115 Å². The largest absolute Gasteiger partial charge is 0.397 e. The number of sulfonamides is 1. The van der Waals surface area contributed by atoms with Gasteiger partial charge in [0.15, 0.2) is 0 Å². The molecule has 106 valence electrons. The summed E-state index contributed by atoms with van der Waals surface area (Å²) in [5.41, 5.74) is 0.0218. The van der Waals surface area contributed by atoms with Crippen LogP contribution in [-0.2, 0) is 14.8 Å². The van der Waals surface area contributed by atoms with Gasteiger partial charge in [-0.05, 0) is 34.1 Å². The van der Waals surface area contributed by atoms with Crippen LogP contribution in [0.25, 0.3) is 0 Å². The Hall–Kier alpha value is -1.13. The Kier molecular flexibility index (Phi) is 4.59. The van der Waals surface area contributed by atoms with E-state index in [0.717, 1.165) is 18.2 Å². The van der Waals surface area contributed by atoms with Crippen LogP contribution in [0, 0.1) is 0 Å². The quantitative estimate of drug-likeness (QED) is 0.863. The molecule has 0 aliphatic heterocycles. The van der Waals surface area contributed by atoms with Crippen molar-refractivity contribution >= 4 is 37.5 Å². The predicted octanol–water partition coefficient (Wildman–Crippen LogP) is 1.99. The zero-order valence-corrected chi connectivity index (χ0v) is 11.6. The Bertz CT molecular complexity index is 601. The Morgan fingerprint density at radius 3 is 2.37 bits per heavy atom. The molecular weight excluding hydrogens is 353 g/mol. The molecule has 0 saturated heterocycles. The van der Waals surface area contributed by atoms with Crippen LogP contribution < -0.4 is 10.5 Å². The second kappa shape index (κ2) is 5.47. The molecule has 1 aromatic rings. The van der Waals surface area contributed by atoms with Crippen LogP contribution in [0.4, 0.5) is 18.9 Å². The van der Waals surface area contributed by atoms with E-state index in [4.69, 9.17) is 5.14 Å². The second-order valence-electron chi connectivity index (χ2n) is 3.53. The Morgan fingerprint density at radius 1 is 1.37 bits per heavy atom. The normalized spacial score (nSPS) is 12.3. The van der Waals surface area contributed by atoms with Crippen LogP contribution in [0.1, 0.15) is 6.42 Å². The van der Waals surface area contributed by atoms with Crippen molar-refractivity contribution in [1.29, 1.82) is 0 Å². The molecular formula is C9H8BrF3N2O3S. The molecule has 0 aromatic heterocycles. The average molecular weight is 361 g/mol. The number of benzene rings is 1. The molecule has 0 bridgehead atoms. The van der Waals surface area contributed by atoms with E-state index in [1.165, 1.54) is 0 Å². The number of amides is 1. The molecule has 0 spiro atoms. The summed E-state index contributed by atoms with van der Waals surface area (Å²) in [7, 11) is -3.95. The van der Waals surface area contributed by atoms with Crippen molar-refractivity contribution in [3.63, 3.8) is 0 Å². The number of carbonyl (C=O) groups excluding carboxylic acids is 1. The fourth-order valence-electron chi connectivity index (χ4n) is 1.20. The number of hydrogen-bond acceptors (Lipinski definition) is 3. The van der Waals surface area contributed by atoms with Gasteiger partial charge >= 0.3 is 6.18 Å². The molecule has 1 aromatic carbocycles. The number of primary sulfonamides is 1. The van der Waals surface area contributed by atoms with Crippen molar-refractivity contribution in [3.05, 3.63) is 22.7 Å². The molecule has 0 radical (unpaired) electrons. The van der Waals surface area contributed by atoms with Crippen LogP contribution in [0.15, 0.2) is 27.6 Å². The molecule has 1 amide bonds. The molecule has 0 heterocycles. The summed E-state index contributed by atoms with van der Waals surface area (Å²) in [5.74, 6) is -1.25. The zero-order valence-electron chi connectivity index (χ0n) is 9.16. The number of halogens is 4. The van der Waals surface area contributed by atoms with Gasteiger partial charge < -0.3 is 5.32 Å². The van der Waals surface area contributed by atoms with Crippen molar-refractivity contribution in [2.45, 2.75) is 17.5 Å². The van der Waals surface area contributed by atoms with Gasteiger partial charge in [-0.15, -0.1) is 0 Å². The summed E-state index contributed by atoms with van der Waals surface area (Å²) in [5, 5.41) is 6.89. The van der Waals surface area contributed by atoms with Crippen LogP contribution in [0.2, 0.25) is 0 Å². The molecule has 10 heteroatoms. The van der Waals surface area contributed by atoms with Crippen molar-refractivity contribution in [2.75, 3.05) is 5.32 Å². The van der Waals surface area contributed by atoms with Crippen LogP contribution in [-0.4, -0.2) is 20.5 Å². The van der Waals surface area contributed by atoms with Gasteiger partial charge in [0.05, 0.1) is 4.90 Å². The minimum absolute atomic E-state index is 0.0218. The number of nitrogens with one attached hydrogen (secondary N) is 1. The molecule has 0 aliphatic rings. The Balaban J connectivity index is 2.89. The first-order valence-corrected chi connectivity index (χ1v) is 7.02. The highest BCUT2D eigenvalue weighted by molar-refractivity contribution is 9.10. The minimum atomic E-state index is -4.61. The van der Waals surface area contributed by atoms with E-state index < -0.39 is 28.5 Å². The molecule has 3 N–H and O–H groups in total.